The van der Waals surface area contributed by atoms with Gasteiger partial charge >= 0.3 is 5.97 Å². The molecule has 0 aromatic carbocycles. The van der Waals surface area contributed by atoms with E-state index >= 15 is 0 Å². The zero-order chi connectivity index (χ0) is 24.5. The first-order valence-electron chi connectivity index (χ1n) is 12.8. The maximum atomic E-state index is 13.8. The Morgan fingerprint density at radius 3 is 2.79 bits per heavy atom. The van der Waals surface area contributed by atoms with E-state index in [1.165, 1.54) is 6.92 Å². The number of carbonyl (C=O) groups is 3. The van der Waals surface area contributed by atoms with Crippen LogP contribution in [0.2, 0.25) is 0 Å². The van der Waals surface area contributed by atoms with Gasteiger partial charge in [0.05, 0.1) is 6.10 Å². The van der Waals surface area contributed by atoms with Crippen molar-refractivity contribution in [2.75, 3.05) is 19.7 Å². The van der Waals surface area contributed by atoms with E-state index in [-0.39, 0.29) is 47.3 Å². The molecule has 0 amide bonds. The number of fused-ring (bicyclic) bond motifs is 7. The van der Waals surface area contributed by atoms with Gasteiger partial charge in [-0.1, -0.05) is 32.4 Å². The Balaban J connectivity index is 1.53. The Kier molecular flexibility index (Phi) is 5.69. The third kappa shape index (κ3) is 3.16. The fraction of sp³-hybridized carbons (Fsp3) is 0.741. The van der Waals surface area contributed by atoms with Crippen LogP contribution in [0.4, 0.5) is 0 Å². The molecule has 0 aromatic rings. The summed E-state index contributed by atoms with van der Waals surface area (Å²) in [5, 5.41) is 13.6. The number of hydroxylamine groups is 2. The standard InChI is InChI=1S/C27H37NO6/c1-5-10-28-14-18-12-21-20-7-6-17-11-19(30)8-9-25(17,3)24(20)22(31)13-26(21,4)27(18,34-28)23(32)15-33-16(2)29/h8-9,11,18,20-22,24,31H,5-7,10,12-15H2,1-4H3/t18-,20?,21?,22-,24?,25-,26-,27-/m0/s1. The summed E-state index contributed by atoms with van der Waals surface area (Å²) in [7, 11) is 0. The van der Waals surface area contributed by atoms with Crippen molar-refractivity contribution in [3.05, 3.63) is 23.8 Å². The van der Waals surface area contributed by atoms with Gasteiger partial charge in [-0.2, -0.15) is 5.06 Å². The summed E-state index contributed by atoms with van der Waals surface area (Å²) in [6, 6.07) is 0. The van der Waals surface area contributed by atoms with Gasteiger partial charge < -0.3 is 9.84 Å². The molecule has 1 N–H and O–H groups in total. The lowest BCUT2D eigenvalue weighted by molar-refractivity contribution is -0.251. The average molecular weight is 472 g/mol. The van der Waals surface area contributed by atoms with Crippen molar-refractivity contribution >= 4 is 17.5 Å². The molecule has 5 aliphatic rings. The number of esters is 1. The van der Waals surface area contributed by atoms with Crippen LogP contribution in [0.1, 0.15) is 59.8 Å². The second-order valence-corrected chi connectivity index (χ2v) is 11.6. The number of ketones is 2. The molecule has 5 rings (SSSR count). The van der Waals surface area contributed by atoms with Gasteiger partial charge in [0.15, 0.2) is 18.0 Å². The molecule has 3 unspecified atom stereocenters. The number of allylic oxidation sites excluding steroid dienone is 4. The highest BCUT2D eigenvalue weighted by atomic mass is 16.7. The SMILES string of the molecule is CCCN1C[C@@H]2CC3C4CCC5=CC(=O)C=C[C@]5(C)C4[C@@H](O)C[C@]3(C)[C@]2(C(=O)COC(C)=O)O1. The van der Waals surface area contributed by atoms with Crippen LogP contribution in [-0.2, 0) is 24.0 Å². The Morgan fingerprint density at radius 1 is 1.32 bits per heavy atom. The summed E-state index contributed by atoms with van der Waals surface area (Å²) in [5.74, 6) is -0.214. The molecule has 0 bridgehead atoms. The summed E-state index contributed by atoms with van der Waals surface area (Å²) in [4.78, 5) is 43.9. The highest BCUT2D eigenvalue weighted by Crippen LogP contribution is 2.70. The predicted octanol–water partition coefficient (Wildman–Crippen LogP) is 3.02. The molecule has 1 heterocycles. The van der Waals surface area contributed by atoms with E-state index in [0.717, 1.165) is 37.8 Å². The number of rotatable bonds is 5. The summed E-state index contributed by atoms with van der Waals surface area (Å²) in [5.41, 5.74) is -0.889. The van der Waals surface area contributed by atoms with E-state index in [2.05, 4.69) is 20.8 Å². The molecule has 0 spiro atoms. The Hall–Kier alpha value is -1.83. The Labute approximate surface area is 201 Å². The quantitative estimate of drug-likeness (QED) is 0.616. The predicted molar refractivity (Wildman–Crippen MR) is 124 cm³/mol. The molecule has 4 fully saturated rings. The smallest absolute Gasteiger partial charge is 0.303 e. The van der Waals surface area contributed by atoms with Crippen LogP contribution in [0.15, 0.2) is 23.8 Å². The minimum Gasteiger partial charge on any atom is -0.458 e. The summed E-state index contributed by atoms with van der Waals surface area (Å²) in [6.07, 6.45) is 8.72. The summed E-state index contributed by atoms with van der Waals surface area (Å²) >= 11 is 0. The van der Waals surface area contributed by atoms with Gasteiger partial charge in [0.25, 0.3) is 0 Å². The number of hydrogen-bond acceptors (Lipinski definition) is 7. The van der Waals surface area contributed by atoms with Crippen LogP contribution in [0, 0.1) is 34.5 Å². The van der Waals surface area contributed by atoms with Gasteiger partial charge in [0.2, 0.25) is 5.78 Å². The maximum absolute atomic E-state index is 13.8. The highest BCUT2D eigenvalue weighted by molar-refractivity contribution is 6.01. The van der Waals surface area contributed by atoms with E-state index in [9.17, 15) is 19.5 Å². The van der Waals surface area contributed by atoms with E-state index in [0.29, 0.717) is 13.0 Å². The zero-order valence-electron chi connectivity index (χ0n) is 20.7. The molecule has 3 saturated carbocycles. The van der Waals surface area contributed by atoms with E-state index in [1.54, 1.807) is 12.2 Å². The van der Waals surface area contributed by atoms with Crippen molar-refractivity contribution in [3.8, 4) is 0 Å². The maximum Gasteiger partial charge on any atom is 0.303 e. The third-order valence-electron chi connectivity index (χ3n) is 9.84. The lowest BCUT2D eigenvalue weighted by Gasteiger charge is -2.59. The molecule has 4 aliphatic carbocycles. The first kappa shape index (κ1) is 23.9. The van der Waals surface area contributed by atoms with E-state index in [1.807, 2.05) is 11.1 Å². The van der Waals surface area contributed by atoms with Gasteiger partial charge in [0, 0.05) is 42.7 Å². The Bertz CT molecular complexity index is 972. The fourth-order valence-electron chi connectivity index (χ4n) is 8.60. The molecule has 0 radical (unpaired) electrons. The Morgan fingerprint density at radius 2 is 2.09 bits per heavy atom. The molecule has 8 atom stereocenters. The molecular formula is C27H37NO6. The van der Waals surface area contributed by atoms with Crippen LogP contribution in [0.3, 0.4) is 0 Å². The lowest BCUT2D eigenvalue weighted by Crippen LogP contribution is -2.63. The first-order valence-corrected chi connectivity index (χ1v) is 12.8. The minimum absolute atomic E-state index is 0.00104. The van der Waals surface area contributed by atoms with Gasteiger partial charge in [0.1, 0.15) is 0 Å². The highest BCUT2D eigenvalue weighted by Gasteiger charge is 2.75. The number of Topliss-reactive ketones (excluding diaryl/α,β-unsaturated/α-hetero) is 1. The van der Waals surface area contributed by atoms with Crippen molar-refractivity contribution in [2.24, 2.45) is 34.5 Å². The van der Waals surface area contributed by atoms with Gasteiger partial charge in [-0.25, -0.2) is 0 Å². The number of carbonyl (C=O) groups excluding carboxylic acids is 3. The topological polar surface area (TPSA) is 93.1 Å². The minimum atomic E-state index is -1.09. The summed E-state index contributed by atoms with van der Waals surface area (Å²) < 4.78 is 5.17. The van der Waals surface area contributed by atoms with Crippen molar-refractivity contribution in [1.82, 2.24) is 5.06 Å². The number of aliphatic hydroxyl groups is 1. The second kappa shape index (κ2) is 8.10. The van der Waals surface area contributed by atoms with E-state index in [4.69, 9.17) is 9.57 Å². The fourth-order valence-corrected chi connectivity index (χ4v) is 8.60. The monoisotopic (exact) mass is 471 g/mol. The van der Waals surface area contributed by atoms with Crippen LogP contribution >= 0.6 is 0 Å². The van der Waals surface area contributed by atoms with Gasteiger partial charge in [-0.3, -0.25) is 19.2 Å². The van der Waals surface area contributed by atoms with Crippen molar-refractivity contribution in [3.63, 3.8) is 0 Å². The van der Waals surface area contributed by atoms with E-state index < -0.39 is 23.1 Å². The molecular weight excluding hydrogens is 434 g/mol. The molecule has 34 heavy (non-hydrogen) atoms. The van der Waals surface area contributed by atoms with Gasteiger partial charge in [-0.05, 0) is 56.1 Å². The molecule has 7 nitrogen and oxygen atoms in total. The second-order valence-electron chi connectivity index (χ2n) is 11.6. The van der Waals surface area contributed by atoms with Gasteiger partial charge in [-0.15, -0.1) is 0 Å². The molecule has 7 heteroatoms. The summed E-state index contributed by atoms with van der Waals surface area (Å²) in [6.45, 7) is 8.78. The van der Waals surface area contributed by atoms with Crippen molar-refractivity contribution in [2.45, 2.75) is 71.5 Å². The van der Waals surface area contributed by atoms with Crippen LogP contribution in [0.25, 0.3) is 0 Å². The number of ether oxygens (including phenoxy) is 1. The third-order valence-corrected chi connectivity index (χ3v) is 9.84. The largest absolute Gasteiger partial charge is 0.458 e. The van der Waals surface area contributed by atoms with Crippen LogP contribution < -0.4 is 0 Å². The molecule has 0 aromatic heterocycles. The number of hydrogen-bond donors (Lipinski definition) is 1. The normalized spacial score (nSPS) is 45.1. The van der Waals surface area contributed by atoms with Crippen LogP contribution in [-0.4, -0.2) is 59.1 Å². The first-order chi connectivity index (χ1) is 16.1. The molecule has 1 aliphatic heterocycles. The zero-order valence-corrected chi connectivity index (χ0v) is 20.7. The van der Waals surface area contributed by atoms with Crippen LogP contribution in [0.5, 0.6) is 0 Å². The number of aliphatic hydroxyl groups excluding tert-OH is 1. The molecule has 186 valence electrons. The van der Waals surface area contributed by atoms with Crippen molar-refractivity contribution in [1.29, 1.82) is 0 Å². The average Bonchev–Trinajstić information content (AvgIpc) is 3.25. The molecule has 1 saturated heterocycles. The lowest BCUT2D eigenvalue weighted by atomic mass is 9.46. The number of nitrogens with zero attached hydrogens (tertiary/aromatic N) is 1. The van der Waals surface area contributed by atoms with Crippen molar-refractivity contribution < 1.29 is 29.1 Å².